The van der Waals surface area contributed by atoms with Gasteiger partial charge in [-0.05, 0) is 6.42 Å². The van der Waals surface area contributed by atoms with Crippen LogP contribution in [0.5, 0.6) is 0 Å². The first-order valence-electron chi connectivity index (χ1n) is 12.1. The number of amides is 1. The second kappa shape index (κ2) is 16.7. The smallest absolute Gasteiger partial charge is 0.251 e. The Labute approximate surface area is 200 Å². The highest BCUT2D eigenvalue weighted by atomic mass is 16.7. The molecule has 1 rings (SSSR count). The molecule has 1 saturated heterocycles. The predicted octanol–water partition coefficient (Wildman–Crippen LogP) is -2.50. The van der Waals surface area contributed by atoms with Crippen LogP contribution in [-0.4, -0.2) is 122 Å². The third kappa shape index (κ3) is 9.61. The molecule has 0 bridgehead atoms. The maximum atomic E-state index is 12.2. The number of carbonyl (C=O) groups excluding carboxylic acids is 1. The average Bonchev–Trinajstić information content (AvgIpc) is 2.84. The largest absolute Gasteiger partial charge is 0.394 e. The molecule has 0 aliphatic carbocycles. The molecule has 1 fully saturated rings. The first-order chi connectivity index (χ1) is 16.2. The summed E-state index contributed by atoms with van der Waals surface area (Å²) in [5.41, 5.74) is 0. The minimum Gasteiger partial charge on any atom is -0.394 e. The minimum atomic E-state index is -2.04. The van der Waals surface area contributed by atoms with E-state index in [1.165, 1.54) is 25.7 Å². The van der Waals surface area contributed by atoms with Crippen molar-refractivity contribution in [3.63, 3.8) is 0 Å². The van der Waals surface area contributed by atoms with Crippen LogP contribution in [0.15, 0.2) is 0 Å². The zero-order valence-electron chi connectivity index (χ0n) is 19.8. The molecule has 9 unspecified atom stereocenters. The Bertz CT molecular complexity index is 553. The van der Waals surface area contributed by atoms with E-state index in [0.29, 0.717) is 6.42 Å². The summed E-state index contributed by atoms with van der Waals surface area (Å²) in [6.45, 7) is 0.775. The van der Waals surface area contributed by atoms with Gasteiger partial charge < -0.3 is 55.6 Å². The molecule has 1 heterocycles. The van der Waals surface area contributed by atoms with E-state index in [-0.39, 0.29) is 6.54 Å². The van der Waals surface area contributed by atoms with Crippen molar-refractivity contribution in [1.82, 2.24) is 5.32 Å². The molecular weight excluding hydrogens is 454 g/mol. The van der Waals surface area contributed by atoms with Gasteiger partial charge in [0.25, 0.3) is 5.91 Å². The van der Waals surface area contributed by atoms with Crippen molar-refractivity contribution in [3.05, 3.63) is 0 Å². The number of unbranched alkanes of at least 4 members (excludes halogenated alkanes) is 7. The Balaban J connectivity index is 2.58. The third-order valence-corrected chi connectivity index (χ3v) is 5.96. The molecule has 9 atom stereocenters. The SMILES string of the molecule is CCCCCCCCCCNC(=O)C(O)C(O)C(OC1OC(CO)C(O)C(O)C1O)C(O)CO. The lowest BCUT2D eigenvalue weighted by molar-refractivity contribution is -0.326. The maximum absolute atomic E-state index is 12.2. The lowest BCUT2D eigenvalue weighted by Crippen LogP contribution is -2.62. The molecule has 202 valence electrons. The van der Waals surface area contributed by atoms with Crippen LogP contribution in [-0.2, 0) is 14.3 Å². The number of aliphatic hydroxyl groups is 8. The number of aliphatic hydroxyl groups excluding tert-OH is 8. The topological polar surface area (TPSA) is 209 Å². The lowest BCUT2D eigenvalue weighted by Gasteiger charge is -2.42. The van der Waals surface area contributed by atoms with Crippen LogP contribution in [0.2, 0.25) is 0 Å². The van der Waals surface area contributed by atoms with E-state index >= 15 is 0 Å². The Morgan fingerprint density at radius 2 is 1.50 bits per heavy atom. The first kappa shape index (κ1) is 31.1. The van der Waals surface area contributed by atoms with E-state index in [1.54, 1.807) is 0 Å². The van der Waals surface area contributed by atoms with Gasteiger partial charge in [0.15, 0.2) is 12.4 Å². The molecule has 0 aromatic carbocycles. The Kier molecular flexibility index (Phi) is 15.3. The van der Waals surface area contributed by atoms with Crippen molar-refractivity contribution >= 4 is 5.91 Å². The van der Waals surface area contributed by atoms with Gasteiger partial charge in [0.1, 0.15) is 42.7 Å². The van der Waals surface area contributed by atoms with Crippen LogP contribution >= 0.6 is 0 Å². The standard InChI is InChI=1S/C22H43NO11/c1-2-3-4-5-6-7-8-9-10-23-21(32)18(30)17(29)20(13(26)11-24)34-22-19(31)16(28)15(27)14(12-25)33-22/h13-20,22,24-31H,2-12H2,1H3,(H,23,32). The fourth-order valence-electron chi connectivity index (χ4n) is 3.75. The van der Waals surface area contributed by atoms with E-state index in [4.69, 9.17) is 9.47 Å². The summed E-state index contributed by atoms with van der Waals surface area (Å²) < 4.78 is 10.4. The highest BCUT2D eigenvalue weighted by molar-refractivity contribution is 5.81. The van der Waals surface area contributed by atoms with Crippen molar-refractivity contribution in [3.8, 4) is 0 Å². The molecule has 12 heteroatoms. The number of nitrogens with one attached hydrogen (secondary N) is 1. The zero-order valence-corrected chi connectivity index (χ0v) is 19.8. The Hall–Kier alpha value is -0.930. The number of carbonyl (C=O) groups is 1. The van der Waals surface area contributed by atoms with Gasteiger partial charge in [-0.2, -0.15) is 0 Å². The molecule has 0 saturated carbocycles. The summed E-state index contributed by atoms with van der Waals surface area (Å²) in [4.78, 5) is 12.2. The van der Waals surface area contributed by atoms with Crippen molar-refractivity contribution in [2.45, 2.75) is 113 Å². The van der Waals surface area contributed by atoms with E-state index in [2.05, 4.69) is 12.2 Å². The van der Waals surface area contributed by atoms with Crippen LogP contribution < -0.4 is 5.32 Å². The van der Waals surface area contributed by atoms with Gasteiger partial charge in [-0.15, -0.1) is 0 Å². The van der Waals surface area contributed by atoms with Crippen molar-refractivity contribution in [2.24, 2.45) is 0 Å². The fraction of sp³-hybridized carbons (Fsp3) is 0.955. The quantitative estimate of drug-likeness (QED) is 0.0959. The first-order valence-corrected chi connectivity index (χ1v) is 12.1. The third-order valence-electron chi connectivity index (χ3n) is 5.96. The zero-order chi connectivity index (χ0) is 25.7. The van der Waals surface area contributed by atoms with Gasteiger partial charge in [0.05, 0.1) is 13.2 Å². The monoisotopic (exact) mass is 497 g/mol. The highest BCUT2D eigenvalue weighted by Gasteiger charge is 2.47. The van der Waals surface area contributed by atoms with E-state index < -0.39 is 74.2 Å². The van der Waals surface area contributed by atoms with Crippen molar-refractivity contribution in [1.29, 1.82) is 0 Å². The van der Waals surface area contributed by atoms with Crippen molar-refractivity contribution in [2.75, 3.05) is 19.8 Å². The Morgan fingerprint density at radius 3 is 2.06 bits per heavy atom. The summed E-state index contributed by atoms with van der Waals surface area (Å²) in [7, 11) is 0. The molecule has 1 aliphatic rings. The average molecular weight is 498 g/mol. The molecule has 9 N–H and O–H groups in total. The molecular formula is C22H43NO11. The van der Waals surface area contributed by atoms with Gasteiger partial charge in [-0.25, -0.2) is 0 Å². The molecule has 1 amide bonds. The van der Waals surface area contributed by atoms with Gasteiger partial charge in [-0.1, -0.05) is 51.9 Å². The van der Waals surface area contributed by atoms with Crippen LogP contribution in [0.25, 0.3) is 0 Å². The Morgan fingerprint density at radius 1 is 0.912 bits per heavy atom. The van der Waals surface area contributed by atoms with E-state index in [1.807, 2.05) is 0 Å². The molecule has 0 aromatic rings. The molecule has 1 aliphatic heterocycles. The molecule has 34 heavy (non-hydrogen) atoms. The normalized spacial score (nSPS) is 28.8. The van der Waals surface area contributed by atoms with Crippen molar-refractivity contribution < 1.29 is 55.1 Å². The number of hydrogen-bond acceptors (Lipinski definition) is 11. The van der Waals surface area contributed by atoms with Gasteiger partial charge in [-0.3, -0.25) is 4.79 Å². The van der Waals surface area contributed by atoms with Crippen LogP contribution in [0.3, 0.4) is 0 Å². The minimum absolute atomic E-state index is 0.276. The summed E-state index contributed by atoms with van der Waals surface area (Å²) in [5, 5.41) is 81.6. The van der Waals surface area contributed by atoms with Crippen LogP contribution in [0.1, 0.15) is 58.3 Å². The van der Waals surface area contributed by atoms with Crippen LogP contribution in [0, 0.1) is 0 Å². The summed E-state index contributed by atoms with van der Waals surface area (Å²) >= 11 is 0. The summed E-state index contributed by atoms with van der Waals surface area (Å²) in [5.74, 6) is -0.914. The predicted molar refractivity (Wildman–Crippen MR) is 119 cm³/mol. The summed E-state index contributed by atoms with van der Waals surface area (Å²) in [6.07, 6.45) is -7.48. The second-order valence-corrected chi connectivity index (χ2v) is 8.75. The number of rotatable bonds is 17. The van der Waals surface area contributed by atoms with Gasteiger partial charge in [0, 0.05) is 6.54 Å². The molecule has 0 spiro atoms. The van der Waals surface area contributed by atoms with E-state index in [0.717, 1.165) is 19.3 Å². The fourth-order valence-corrected chi connectivity index (χ4v) is 3.75. The maximum Gasteiger partial charge on any atom is 0.251 e. The summed E-state index contributed by atoms with van der Waals surface area (Å²) in [6, 6.07) is 0. The second-order valence-electron chi connectivity index (χ2n) is 8.75. The molecule has 12 nitrogen and oxygen atoms in total. The molecule has 0 radical (unpaired) electrons. The van der Waals surface area contributed by atoms with Gasteiger partial charge in [0.2, 0.25) is 0 Å². The molecule has 0 aromatic heterocycles. The van der Waals surface area contributed by atoms with Crippen LogP contribution in [0.4, 0.5) is 0 Å². The van der Waals surface area contributed by atoms with E-state index in [9.17, 15) is 45.6 Å². The highest BCUT2D eigenvalue weighted by Crippen LogP contribution is 2.25. The number of hydrogen-bond donors (Lipinski definition) is 9. The number of ether oxygens (including phenoxy) is 2. The lowest BCUT2D eigenvalue weighted by atomic mass is 9.98. The van der Waals surface area contributed by atoms with Gasteiger partial charge >= 0.3 is 0 Å².